The van der Waals surface area contributed by atoms with Crippen LogP contribution in [0, 0.1) is 5.92 Å². The average Bonchev–Trinajstić information content (AvgIpc) is 2.75. The highest BCUT2D eigenvalue weighted by Gasteiger charge is 2.30. The molecule has 0 radical (unpaired) electrons. The molecule has 0 spiro atoms. The SMILES string of the molecule is CC(C)[C@H](N)C(=O)N[C@@H](CCCN=C(N)N)C(=O)N[C@@H](CO)C(=O)N[C@@H](CCC(N)=O)C(=O)O. The maximum Gasteiger partial charge on any atom is 0.326 e. The van der Waals surface area contributed by atoms with E-state index in [0.717, 1.165) is 0 Å². The quantitative estimate of drug-likeness (QED) is 0.0573. The van der Waals surface area contributed by atoms with Crippen LogP contribution < -0.4 is 38.9 Å². The number of carbonyl (C=O) groups excluding carboxylic acids is 4. The number of guanidine groups is 1. The maximum atomic E-state index is 12.8. The number of carbonyl (C=O) groups is 5. The van der Waals surface area contributed by atoms with E-state index in [2.05, 4.69) is 20.9 Å². The molecule has 13 N–H and O–H groups in total. The van der Waals surface area contributed by atoms with Gasteiger partial charge in [-0.05, 0) is 25.2 Å². The second-order valence-electron chi connectivity index (χ2n) is 7.93. The Labute approximate surface area is 197 Å². The molecule has 0 aliphatic rings. The van der Waals surface area contributed by atoms with E-state index in [4.69, 9.17) is 22.9 Å². The molecule has 0 aromatic rings. The first kappa shape index (κ1) is 30.5. The van der Waals surface area contributed by atoms with Gasteiger partial charge in [-0.15, -0.1) is 0 Å². The Morgan fingerprint density at radius 2 is 1.38 bits per heavy atom. The number of nitrogens with one attached hydrogen (secondary N) is 3. The third kappa shape index (κ3) is 12.0. The summed E-state index contributed by atoms with van der Waals surface area (Å²) in [4.78, 5) is 63.6. The van der Waals surface area contributed by atoms with Crippen molar-refractivity contribution in [2.45, 2.75) is 63.7 Å². The smallest absolute Gasteiger partial charge is 0.326 e. The van der Waals surface area contributed by atoms with Crippen LogP contribution in [0.5, 0.6) is 0 Å². The van der Waals surface area contributed by atoms with Crippen LogP contribution in [0.1, 0.15) is 39.5 Å². The Bertz CT molecular complexity index is 755. The number of primary amides is 1. The summed E-state index contributed by atoms with van der Waals surface area (Å²) in [6.07, 6.45) is -0.209. The van der Waals surface area contributed by atoms with Gasteiger partial charge in [0.05, 0.1) is 12.6 Å². The number of nitrogens with zero attached hydrogens (tertiary/aromatic N) is 1. The van der Waals surface area contributed by atoms with Crippen LogP contribution in [0.25, 0.3) is 0 Å². The summed E-state index contributed by atoms with van der Waals surface area (Å²) < 4.78 is 0. The van der Waals surface area contributed by atoms with Crippen molar-refractivity contribution in [2.24, 2.45) is 33.8 Å². The van der Waals surface area contributed by atoms with Crippen LogP contribution in [0.4, 0.5) is 0 Å². The number of nitrogens with two attached hydrogens (primary N) is 4. The number of aliphatic hydroxyl groups excluding tert-OH is 1. The minimum absolute atomic E-state index is 0.0787. The lowest BCUT2D eigenvalue weighted by Crippen LogP contribution is -2.58. The molecule has 0 aliphatic heterocycles. The Morgan fingerprint density at radius 1 is 0.853 bits per heavy atom. The number of aliphatic hydroxyl groups is 1. The van der Waals surface area contributed by atoms with Gasteiger partial charge in [0, 0.05) is 13.0 Å². The molecule has 4 atom stereocenters. The molecule has 0 saturated carbocycles. The summed E-state index contributed by atoms with van der Waals surface area (Å²) in [7, 11) is 0. The number of aliphatic carboxylic acids is 1. The monoisotopic (exact) mass is 488 g/mol. The molecule has 0 aromatic carbocycles. The number of hydrogen-bond donors (Lipinski definition) is 9. The van der Waals surface area contributed by atoms with E-state index >= 15 is 0 Å². The lowest BCUT2D eigenvalue weighted by Gasteiger charge is -2.25. The fourth-order valence-electron chi connectivity index (χ4n) is 2.63. The highest BCUT2D eigenvalue weighted by molar-refractivity contribution is 5.94. The Hall–Kier alpha value is -3.46. The summed E-state index contributed by atoms with van der Waals surface area (Å²) in [5, 5.41) is 25.7. The van der Waals surface area contributed by atoms with Crippen LogP contribution in [0.15, 0.2) is 4.99 Å². The fraction of sp³-hybridized carbons (Fsp3) is 0.684. The first-order valence-electron chi connectivity index (χ1n) is 10.6. The summed E-state index contributed by atoms with van der Waals surface area (Å²) in [5.41, 5.74) is 21.3. The number of hydrogen-bond acceptors (Lipinski definition) is 8. The number of carboxylic acids is 1. The molecular weight excluding hydrogens is 452 g/mol. The molecule has 15 heteroatoms. The molecule has 0 unspecified atom stereocenters. The van der Waals surface area contributed by atoms with Crippen molar-refractivity contribution in [3.8, 4) is 0 Å². The average molecular weight is 489 g/mol. The number of carboxylic acid groups (broad SMARTS) is 1. The van der Waals surface area contributed by atoms with Crippen molar-refractivity contribution >= 4 is 35.6 Å². The maximum absolute atomic E-state index is 12.8. The molecule has 15 nitrogen and oxygen atoms in total. The van der Waals surface area contributed by atoms with Crippen molar-refractivity contribution in [1.29, 1.82) is 0 Å². The van der Waals surface area contributed by atoms with E-state index in [9.17, 15) is 34.2 Å². The van der Waals surface area contributed by atoms with Gasteiger partial charge in [0.2, 0.25) is 23.6 Å². The first-order valence-corrected chi connectivity index (χ1v) is 10.6. The first-order chi connectivity index (χ1) is 15.8. The van der Waals surface area contributed by atoms with Gasteiger partial charge in [0.15, 0.2) is 5.96 Å². The molecule has 0 aromatic heterocycles. The van der Waals surface area contributed by atoms with E-state index in [1.54, 1.807) is 13.8 Å². The normalized spacial score (nSPS) is 14.3. The molecule has 0 bridgehead atoms. The zero-order valence-electron chi connectivity index (χ0n) is 19.3. The van der Waals surface area contributed by atoms with Gasteiger partial charge in [-0.2, -0.15) is 0 Å². The Balaban J connectivity index is 5.35. The van der Waals surface area contributed by atoms with Crippen LogP contribution in [-0.2, 0) is 24.0 Å². The van der Waals surface area contributed by atoms with E-state index < -0.39 is 60.4 Å². The minimum Gasteiger partial charge on any atom is -0.480 e. The van der Waals surface area contributed by atoms with E-state index in [1.165, 1.54) is 0 Å². The lowest BCUT2D eigenvalue weighted by molar-refractivity contribution is -0.143. The summed E-state index contributed by atoms with van der Waals surface area (Å²) >= 11 is 0. The zero-order chi connectivity index (χ0) is 26.4. The number of aliphatic imine (C=N–C) groups is 1. The predicted molar refractivity (Wildman–Crippen MR) is 122 cm³/mol. The van der Waals surface area contributed by atoms with Crippen molar-refractivity contribution < 1.29 is 34.2 Å². The third-order valence-corrected chi connectivity index (χ3v) is 4.71. The predicted octanol–water partition coefficient (Wildman–Crippen LogP) is -4.18. The molecule has 194 valence electrons. The van der Waals surface area contributed by atoms with E-state index in [-0.39, 0.29) is 44.1 Å². The fourth-order valence-corrected chi connectivity index (χ4v) is 2.63. The zero-order valence-corrected chi connectivity index (χ0v) is 19.3. The van der Waals surface area contributed by atoms with E-state index in [1.807, 2.05) is 0 Å². The molecule has 34 heavy (non-hydrogen) atoms. The molecule has 0 aliphatic carbocycles. The van der Waals surface area contributed by atoms with Gasteiger partial charge < -0.3 is 49.1 Å². The molecule has 0 heterocycles. The highest BCUT2D eigenvalue weighted by atomic mass is 16.4. The van der Waals surface area contributed by atoms with Crippen LogP contribution in [-0.4, -0.2) is 83.1 Å². The largest absolute Gasteiger partial charge is 0.480 e. The Kier molecular flexibility index (Phi) is 13.8. The third-order valence-electron chi connectivity index (χ3n) is 4.71. The van der Waals surface area contributed by atoms with Crippen molar-refractivity contribution in [1.82, 2.24) is 16.0 Å². The molecule has 0 rings (SSSR count). The van der Waals surface area contributed by atoms with Gasteiger partial charge >= 0.3 is 5.97 Å². The van der Waals surface area contributed by atoms with Gasteiger partial charge in [-0.25, -0.2) is 4.79 Å². The van der Waals surface area contributed by atoms with Gasteiger partial charge in [-0.1, -0.05) is 13.8 Å². The number of rotatable bonds is 16. The minimum atomic E-state index is -1.53. The number of amides is 4. The lowest BCUT2D eigenvalue weighted by atomic mass is 10.0. The van der Waals surface area contributed by atoms with Gasteiger partial charge in [0.1, 0.15) is 18.1 Å². The standard InChI is InChI=1S/C19H36N8O7/c1-9(2)14(21)17(32)25-10(4-3-7-24-19(22)23)15(30)27-12(8-28)16(31)26-11(18(33)34)5-6-13(20)29/h9-12,14,28H,3-8,21H2,1-2H3,(H2,20,29)(H,25,32)(H,26,31)(H,27,30)(H,33,34)(H4,22,23,24)/t10-,11-,12-,14-/m0/s1. The van der Waals surface area contributed by atoms with Crippen molar-refractivity contribution in [3.05, 3.63) is 0 Å². The van der Waals surface area contributed by atoms with Crippen LogP contribution >= 0.6 is 0 Å². The van der Waals surface area contributed by atoms with E-state index in [0.29, 0.717) is 0 Å². The summed E-state index contributed by atoms with van der Waals surface area (Å²) in [5.74, 6) is -4.96. The molecular formula is C19H36N8O7. The highest BCUT2D eigenvalue weighted by Crippen LogP contribution is 2.04. The molecule has 4 amide bonds. The molecule has 0 saturated heterocycles. The summed E-state index contributed by atoms with van der Waals surface area (Å²) in [6, 6.07) is -5.03. The molecule has 0 fully saturated rings. The van der Waals surface area contributed by atoms with Gasteiger partial charge in [-0.3, -0.25) is 24.2 Å². The second-order valence-corrected chi connectivity index (χ2v) is 7.93. The van der Waals surface area contributed by atoms with Crippen LogP contribution in [0.3, 0.4) is 0 Å². The Morgan fingerprint density at radius 3 is 1.85 bits per heavy atom. The summed E-state index contributed by atoms with van der Waals surface area (Å²) in [6.45, 7) is 2.75. The van der Waals surface area contributed by atoms with Crippen molar-refractivity contribution in [2.75, 3.05) is 13.2 Å². The van der Waals surface area contributed by atoms with Crippen LogP contribution in [0.2, 0.25) is 0 Å². The second kappa shape index (κ2) is 15.4. The van der Waals surface area contributed by atoms with Crippen molar-refractivity contribution in [3.63, 3.8) is 0 Å². The van der Waals surface area contributed by atoms with Gasteiger partial charge in [0.25, 0.3) is 0 Å². The topological polar surface area (TPSA) is 278 Å².